The summed E-state index contributed by atoms with van der Waals surface area (Å²) < 4.78 is 78.9. The van der Waals surface area contributed by atoms with Crippen molar-refractivity contribution in [2.24, 2.45) is 0 Å². The van der Waals surface area contributed by atoms with E-state index < -0.39 is 43.6 Å². The van der Waals surface area contributed by atoms with Gasteiger partial charge >= 0.3 is 0 Å². The average Bonchev–Trinajstić information content (AvgIpc) is 2.67. The number of rotatable bonds is 9. The molecule has 1 unspecified atom stereocenters. The Hall–Kier alpha value is -2.45. The summed E-state index contributed by atoms with van der Waals surface area (Å²) in [6.45, 7) is -0.385. The number of halogens is 2. The molecule has 0 spiro atoms. The highest BCUT2D eigenvalue weighted by molar-refractivity contribution is 7.89. The Bertz CT molecular complexity index is 1060. The topological polar surface area (TPSA) is 142 Å². The van der Waals surface area contributed by atoms with Crippen LogP contribution >= 0.6 is 0 Å². The van der Waals surface area contributed by atoms with E-state index in [1.54, 1.807) is 0 Å². The summed E-state index contributed by atoms with van der Waals surface area (Å²) >= 11 is 0. The van der Waals surface area contributed by atoms with Crippen molar-refractivity contribution in [2.75, 3.05) is 6.54 Å². The first-order valence-corrected chi connectivity index (χ1v) is 11.0. The van der Waals surface area contributed by atoms with Gasteiger partial charge in [0.05, 0.1) is 9.79 Å². The van der Waals surface area contributed by atoms with Crippen LogP contribution in [0.2, 0.25) is 0 Å². The Kier molecular flexibility index (Phi) is 7.37. The fourth-order valence-electron chi connectivity index (χ4n) is 2.23. The van der Waals surface area contributed by atoms with Crippen LogP contribution in [0, 0.1) is 11.6 Å². The van der Waals surface area contributed by atoms with Gasteiger partial charge in [-0.2, -0.15) is 4.72 Å². The molecular weight excluding hydrogens is 432 g/mol. The van der Waals surface area contributed by atoms with Gasteiger partial charge in [-0.15, -0.1) is 0 Å². The van der Waals surface area contributed by atoms with E-state index in [1.807, 2.05) is 4.72 Å². The Balaban J connectivity index is 2.08. The average molecular weight is 449 g/mol. The van der Waals surface area contributed by atoms with E-state index in [0.29, 0.717) is 0 Å². The smallest absolute Gasteiger partial charge is 0.261 e. The zero-order valence-corrected chi connectivity index (χ0v) is 16.3. The van der Waals surface area contributed by atoms with Crippen molar-refractivity contribution >= 4 is 26.0 Å². The number of carbonyl (C=O) groups excluding carboxylic acids is 1. The predicted octanol–water partition coefficient (Wildman–Crippen LogP) is 0.486. The fraction of sp³-hybridized carbons (Fsp3) is 0.188. The first-order chi connectivity index (χ1) is 13.5. The lowest BCUT2D eigenvalue weighted by molar-refractivity contribution is -0.131. The van der Waals surface area contributed by atoms with E-state index in [4.69, 9.17) is 5.21 Å². The van der Waals surface area contributed by atoms with Crippen LogP contribution in [-0.2, 0) is 24.8 Å². The standard InChI is InChI=1S/C16H17F2N3O6S2/c17-11-1-5-13(6-2-11)28(24,25)19-10-9-15(16(22)20-23)21-29(26,27)14-7-3-12(18)4-8-14/h1-8,15,19,21,23H,9-10H2,(H,20,22). The number of hydrogen-bond donors (Lipinski definition) is 4. The first-order valence-electron chi connectivity index (χ1n) is 8.02. The number of hydrogen-bond acceptors (Lipinski definition) is 6. The summed E-state index contributed by atoms with van der Waals surface area (Å²) in [7, 11) is -8.30. The van der Waals surface area contributed by atoms with Crippen LogP contribution in [0.1, 0.15) is 6.42 Å². The molecule has 13 heteroatoms. The first kappa shape index (κ1) is 22.8. The minimum Gasteiger partial charge on any atom is -0.289 e. The molecule has 0 fully saturated rings. The fourth-order valence-corrected chi connectivity index (χ4v) is 4.50. The third kappa shape index (κ3) is 6.27. The van der Waals surface area contributed by atoms with Gasteiger partial charge in [0.1, 0.15) is 17.7 Å². The second-order valence-electron chi connectivity index (χ2n) is 5.74. The number of benzene rings is 2. The maximum atomic E-state index is 13.0. The van der Waals surface area contributed by atoms with Crippen LogP contribution in [-0.4, -0.2) is 40.5 Å². The quantitative estimate of drug-likeness (QED) is 0.324. The molecule has 1 atom stereocenters. The van der Waals surface area contributed by atoms with Gasteiger partial charge in [-0.3, -0.25) is 10.0 Å². The number of carbonyl (C=O) groups is 1. The molecule has 29 heavy (non-hydrogen) atoms. The SMILES string of the molecule is O=C(NO)C(CCNS(=O)(=O)c1ccc(F)cc1)NS(=O)(=O)c1ccc(F)cc1. The molecule has 2 rings (SSSR count). The van der Waals surface area contributed by atoms with Crippen molar-refractivity contribution in [2.45, 2.75) is 22.3 Å². The van der Waals surface area contributed by atoms with Gasteiger partial charge < -0.3 is 0 Å². The molecule has 9 nitrogen and oxygen atoms in total. The van der Waals surface area contributed by atoms with Crippen LogP contribution in [0.3, 0.4) is 0 Å². The molecule has 1 amide bonds. The Morgan fingerprint density at radius 1 is 0.862 bits per heavy atom. The molecule has 0 bridgehead atoms. The summed E-state index contributed by atoms with van der Waals surface area (Å²) in [6, 6.07) is 6.21. The van der Waals surface area contributed by atoms with Crippen molar-refractivity contribution < 1.29 is 35.6 Å². The van der Waals surface area contributed by atoms with Crippen molar-refractivity contribution in [1.82, 2.24) is 14.9 Å². The van der Waals surface area contributed by atoms with E-state index in [9.17, 15) is 30.4 Å². The summed E-state index contributed by atoms with van der Waals surface area (Å²) in [6.07, 6.45) is -0.368. The molecule has 158 valence electrons. The molecule has 0 saturated carbocycles. The molecule has 0 aliphatic carbocycles. The lowest BCUT2D eigenvalue weighted by Gasteiger charge is -2.17. The molecule has 0 saturated heterocycles. The lowest BCUT2D eigenvalue weighted by atomic mass is 10.2. The molecule has 0 radical (unpaired) electrons. The van der Waals surface area contributed by atoms with E-state index in [-0.39, 0.29) is 22.8 Å². The maximum Gasteiger partial charge on any atom is 0.261 e. The lowest BCUT2D eigenvalue weighted by Crippen LogP contribution is -2.47. The highest BCUT2D eigenvalue weighted by Crippen LogP contribution is 2.12. The molecule has 4 N–H and O–H groups in total. The predicted molar refractivity (Wildman–Crippen MR) is 96.6 cm³/mol. The van der Waals surface area contributed by atoms with Crippen LogP contribution in [0.5, 0.6) is 0 Å². The number of hydroxylamine groups is 1. The number of sulfonamides is 2. The van der Waals surface area contributed by atoms with Gasteiger partial charge in [-0.25, -0.2) is 35.8 Å². The zero-order chi connectivity index (χ0) is 21.7. The molecule has 2 aromatic rings. The zero-order valence-electron chi connectivity index (χ0n) is 14.7. The molecule has 0 aliphatic heterocycles. The maximum absolute atomic E-state index is 13.0. The van der Waals surface area contributed by atoms with Crippen LogP contribution < -0.4 is 14.9 Å². The minimum absolute atomic E-state index is 0.228. The van der Waals surface area contributed by atoms with Crippen molar-refractivity contribution in [3.05, 3.63) is 60.2 Å². The molecular formula is C16H17F2N3O6S2. The van der Waals surface area contributed by atoms with E-state index in [2.05, 4.69) is 4.72 Å². The summed E-state index contributed by atoms with van der Waals surface area (Å²) in [5.41, 5.74) is 1.29. The highest BCUT2D eigenvalue weighted by atomic mass is 32.2. The Morgan fingerprint density at radius 3 is 1.76 bits per heavy atom. The Morgan fingerprint density at radius 2 is 1.31 bits per heavy atom. The third-order valence-electron chi connectivity index (χ3n) is 3.70. The summed E-state index contributed by atoms with van der Waals surface area (Å²) in [5.74, 6) is -2.42. The van der Waals surface area contributed by atoms with Gasteiger partial charge in [-0.1, -0.05) is 0 Å². The molecule has 0 heterocycles. The molecule has 0 aliphatic rings. The third-order valence-corrected chi connectivity index (χ3v) is 6.66. The van der Waals surface area contributed by atoms with E-state index in [0.717, 1.165) is 48.5 Å². The normalized spacial score (nSPS) is 13.1. The highest BCUT2D eigenvalue weighted by Gasteiger charge is 2.26. The van der Waals surface area contributed by atoms with Crippen molar-refractivity contribution in [3.8, 4) is 0 Å². The minimum atomic E-state index is -4.26. The van der Waals surface area contributed by atoms with Gasteiger partial charge in [-0.05, 0) is 55.0 Å². The summed E-state index contributed by atoms with van der Waals surface area (Å²) in [5, 5.41) is 8.81. The van der Waals surface area contributed by atoms with Gasteiger partial charge in [0.2, 0.25) is 20.0 Å². The second-order valence-corrected chi connectivity index (χ2v) is 9.23. The molecule has 2 aromatic carbocycles. The van der Waals surface area contributed by atoms with Crippen LogP contribution in [0.25, 0.3) is 0 Å². The van der Waals surface area contributed by atoms with Gasteiger partial charge in [0.15, 0.2) is 0 Å². The van der Waals surface area contributed by atoms with Gasteiger partial charge in [0, 0.05) is 6.54 Å². The van der Waals surface area contributed by atoms with Crippen molar-refractivity contribution in [1.29, 1.82) is 0 Å². The van der Waals surface area contributed by atoms with Crippen molar-refractivity contribution in [3.63, 3.8) is 0 Å². The largest absolute Gasteiger partial charge is 0.289 e. The van der Waals surface area contributed by atoms with Crippen LogP contribution in [0.15, 0.2) is 58.3 Å². The monoisotopic (exact) mass is 449 g/mol. The second kappa shape index (κ2) is 9.37. The summed E-state index contributed by atoms with van der Waals surface area (Å²) in [4.78, 5) is 11.2. The number of amides is 1. The van der Waals surface area contributed by atoms with E-state index >= 15 is 0 Å². The van der Waals surface area contributed by atoms with E-state index in [1.165, 1.54) is 5.48 Å². The number of nitrogens with one attached hydrogen (secondary N) is 3. The van der Waals surface area contributed by atoms with Crippen LogP contribution in [0.4, 0.5) is 8.78 Å². The Labute approximate surface area is 165 Å². The molecule has 0 aromatic heterocycles. The van der Waals surface area contributed by atoms with Gasteiger partial charge in [0.25, 0.3) is 5.91 Å².